The summed E-state index contributed by atoms with van der Waals surface area (Å²) in [4.78, 5) is 3.31. The van der Waals surface area contributed by atoms with Crippen LogP contribution in [0.5, 0.6) is 0 Å². The highest BCUT2D eigenvalue weighted by Crippen LogP contribution is 2.30. The maximum absolute atomic E-state index is 13.3. The van der Waals surface area contributed by atoms with Crippen LogP contribution in [0.15, 0.2) is 53.6 Å². The van der Waals surface area contributed by atoms with Gasteiger partial charge in [0, 0.05) is 42.9 Å². The number of sulfonamides is 1. The fourth-order valence-corrected chi connectivity index (χ4v) is 4.49. The van der Waals surface area contributed by atoms with Gasteiger partial charge in [-0.1, -0.05) is 12.1 Å². The maximum atomic E-state index is 13.3. The van der Waals surface area contributed by atoms with E-state index in [0.717, 1.165) is 23.6 Å². The Balaban J connectivity index is 0.00000102. The van der Waals surface area contributed by atoms with Crippen molar-refractivity contribution in [3.05, 3.63) is 54.5 Å². The molecule has 4 rings (SSSR count). The van der Waals surface area contributed by atoms with E-state index in [9.17, 15) is 12.8 Å². The molecular formula is C19H21FN2O4S. The predicted molar refractivity (Wildman–Crippen MR) is 101 cm³/mol. The molecule has 27 heavy (non-hydrogen) atoms. The Morgan fingerprint density at radius 3 is 2.41 bits per heavy atom. The Morgan fingerprint density at radius 1 is 1.07 bits per heavy atom. The van der Waals surface area contributed by atoms with Crippen molar-refractivity contribution < 1.29 is 22.7 Å². The van der Waals surface area contributed by atoms with Gasteiger partial charge in [0.2, 0.25) is 10.0 Å². The van der Waals surface area contributed by atoms with Crippen molar-refractivity contribution in [1.82, 2.24) is 9.29 Å². The lowest BCUT2D eigenvalue weighted by Gasteiger charge is -2.26. The Bertz CT molecular complexity index is 1010. The van der Waals surface area contributed by atoms with Gasteiger partial charge in [-0.25, -0.2) is 12.8 Å². The summed E-state index contributed by atoms with van der Waals surface area (Å²) in [6, 6.07) is 11.4. The maximum Gasteiger partial charge on any atom is 0.243 e. The first-order chi connectivity index (χ1) is 13.1. The molecule has 0 radical (unpaired) electrons. The summed E-state index contributed by atoms with van der Waals surface area (Å²) < 4.78 is 45.3. The van der Waals surface area contributed by atoms with Crippen LogP contribution in [-0.4, -0.2) is 56.2 Å². The van der Waals surface area contributed by atoms with Crippen molar-refractivity contribution in [3.8, 4) is 11.1 Å². The number of H-pyrrole nitrogens is 1. The highest BCUT2D eigenvalue weighted by molar-refractivity contribution is 7.89. The second kappa shape index (κ2) is 8.18. The second-order valence-corrected chi connectivity index (χ2v) is 7.87. The summed E-state index contributed by atoms with van der Waals surface area (Å²) in [6.45, 7) is 1.59. The molecule has 1 saturated heterocycles. The molecule has 0 unspecified atom stereocenters. The van der Waals surface area contributed by atoms with Gasteiger partial charge in [0.05, 0.1) is 18.1 Å². The second-order valence-electron chi connectivity index (χ2n) is 5.93. The Kier molecular flexibility index (Phi) is 5.91. The van der Waals surface area contributed by atoms with Gasteiger partial charge in [0.1, 0.15) is 5.82 Å². The lowest BCUT2D eigenvalue weighted by molar-refractivity contribution is 0.0730. The highest BCUT2D eigenvalue weighted by atomic mass is 32.2. The average Bonchev–Trinajstić information content (AvgIpc) is 3.13. The smallest absolute Gasteiger partial charge is 0.243 e. The molecule has 0 aliphatic carbocycles. The summed E-state index contributed by atoms with van der Waals surface area (Å²) in [5.41, 5.74) is 2.49. The minimum absolute atomic E-state index is 0.268. The van der Waals surface area contributed by atoms with E-state index in [1.165, 1.54) is 16.4 Å². The monoisotopic (exact) mass is 392 g/mol. The van der Waals surface area contributed by atoms with E-state index in [-0.39, 0.29) is 10.7 Å². The zero-order chi connectivity index (χ0) is 19.4. The Hall–Kier alpha value is -2.26. The van der Waals surface area contributed by atoms with E-state index in [0.29, 0.717) is 31.8 Å². The average molecular weight is 392 g/mol. The molecule has 144 valence electrons. The van der Waals surface area contributed by atoms with E-state index < -0.39 is 10.0 Å². The number of aromatic amines is 1. The molecule has 1 aromatic heterocycles. The molecule has 2 heterocycles. The van der Waals surface area contributed by atoms with Crippen molar-refractivity contribution in [1.29, 1.82) is 0 Å². The van der Waals surface area contributed by atoms with Crippen molar-refractivity contribution in [2.75, 3.05) is 33.4 Å². The summed E-state index contributed by atoms with van der Waals surface area (Å²) in [5.74, 6) is -0.298. The van der Waals surface area contributed by atoms with Crippen LogP contribution in [0.1, 0.15) is 0 Å². The number of nitrogens with one attached hydrogen (secondary N) is 1. The van der Waals surface area contributed by atoms with Gasteiger partial charge in [-0.15, -0.1) is 0 Å². The molecule has 1 aliphatic rings. The number of morpholine rings is 1. The van der Waals surface area contributed by atoms with Gasteiger partial charge in [-0.2, -0.15) is 4.31 Å². The van der Waals surface area contributed by atoms with Crippen LogP contribution < -0.4 is 0 Å². The van der Waals surface area contributed by atoms with Gasteiger partial charge in [-0.3, -0.25) is 0 Å². The van der Waals surface area contributed by atoms with Crippen LogP contribution in [-0.2, 0) is 14.8 Å². The number of halogens is 1. The lowest BCUT2D eigenvalue weighted by atomic mass is 10.1. The zero-order valence-electron chi connectivity index (χ0n) is 14.9. The minimum Gasteiger partial charge on any atom is -0.400 e. The summed E-state index contributed by atoms with van der Waals surface area (Å²) in [5, 5.41) is 7.89. The molecule has 0 amide bonds. The summed E-state index contributed by atoms with van der Waals surface area (Å²) >= 11 is 0. The van der Waals surface area contributed by atoms with Crippen molar-refractivity contribution in [3.63, 3.8) is 0 Å². The standard InChI is InChI=1S/C18H17FN2O3S.CH4O/c19-14-3-6-16-17(12-20-18(16)11-14)13-1-4-15(5-2-13)25(22,23)21-7-9-24-10-8-21;1-2/h1-6,11-12,20H,7-10H2;2H,1H3. The normalized spacial score (nSPS) is 15.4. The number of aliphatic hydroxyl groups is 1. The summed E-state index contributed by atoms with van der Waals surface area (Å²) in [6.07, 6.45) is 1.80. The number of aliphatic hydroxyl groups excluding tert-OH is 1. The first kappa shape index (κ1) is 19.5. The molecule has 8 heteroatoms. The van der Waals surface area contributed by atoms with Crippen LogP contribution >= 0.6 is 0 Å². The highest BCUT2D eigenvalue weighted by Gasteiger charge is 2.26. The van der Waals surface area contributed by atoms with E-state index in [2.05, 4.69) is 4.98 Å². The zero-order valence-corrected chi connectivity index (χ0v) is 15.7. The van der Waals surface area contributed by atoms with Gasteiger partial charge in [-0.05, 0) is 35.9 Å². The van der Waals surface area contributed by atoms with Crippen molar-refractivity contribution in [2.24, 2.45) is 0 Å². The summed E-state index contributed by atoms with van der Waals surface area (Å²) in [7, 11) is -2.50. The number of hydrogen-bond acceptors (Lipinski definition) is 4. The van der Waals surface area contributed by atoms with Gasteiger partial charge in [0.25, 0.3) is 0 Å². The SMILES string of the molecule is CO.O=S(=O)(c1ccc(-c2c[nH]c3cc(F)ccc23)cc1)N1CCOCC1. The molecule has 6 nitrogen and oxygen atoms in total. The molecule has 1 aliphatic heterocycles. The van der Waals surface area contributed by atoms with E-state index in [4.69, 9.17) is 9.84 Å². The number of hydrogen-bond donors (Lipinski definition) is 2. The van der Waals surface area contributed by atoms with Crippen molar-refractivity contribution >= 4 is 20.9 Å². The van der Waals surface area contributed by atoms with E-state index in [1.807, 2.05) is 0 Å². The molecule has 2 N–H and O–H groups in total. The van der Waals surface area contributed by atoms with E-state index in [1.54, 1.807) is 36.5 Å². The fraction of sp³-hybridized carbons (Fsp3) is 0.263. The van der Waals surface area contributed by atoms with Crippen LogP contribution in [0.4, 0.5) is 4.39 Å². The lowest BCUT2D eigenvalue weighted by Crippen LogP contribution is -2.40. The Morgan fingerprint density at radius 2 is 1.74 bits per heavy atom. The van der Waals surface area contributed by atoms with Crippen LogP contribution in [0, 0.1) is 5.82 Å². The van der Waals surface area contributed by atoms with Gasteiger partial charge in [0.15, 0.2) is 0 Å². The number of aromatic nitrogens is 1. The molecule has 0 saturated carbocycles. The van der Waals surface area contributed by atoms with Crippen LogP contribution in [0.3, 0.4) is 0 Å². The molecule has 0 spiro atoms. The third-order valence-electron chi connectivity index (χ3n) is 4.42. The minimum atomic E-state index is -3.50. The molecule has 0 bridgehead atoms. The topological polar surface area (TPSA) is 82.6 Å². The number of benzene rings is 2. The third kappa shape index (κ3) is 3.89. The molecule has 1 fully saturated rings. The first-order valence-corrected chi connectivity index (χ1v) is 9.89. The molecule has 2 aromatic carbocycles. The van der Waals surface area contributed by atoms with E-state index >= 15 is 0 Å². The van der Waals surface area contributed by atoms with Gasteiger partial charge < -0.3 is 14.8 Å². The molecule has 3 aromatic rings. The third-order valence-corrected chi connectivity index (χ3v) is 6.33. The number of nitrogens with zero attached hydrogens (tertiary/aromatic N) is 1. The van der Waals surface area contributed by atoms with Crippen LogP contribution in [0.2, 0.25) is 0 Å². The number of ether oxygens (including phenoxy) is 1. The fourth-order valence-electron chi connectivity index (χ4n) is 3.08. The number of fused-ring (bicyclic) bond motifs is 1. The van der Waals surface area contributed by atoms with Crippen molar-refractivity contribution in [2.45, 2.75) is 4.90 Å². The predicted octanol–water partition coefficient (Wildman–Crippen LogP) is 2.60. The largest absolute Gasteiger partial charge is 0.400 e. The van der Waals surface area contributed by atoms with Crippen LogP contribution in [0.25, 0.3) is 22.0 Å². The van der Waals surface area contributed by atoms with Gasteiger partial charge >= 0.3 is 0 Å². The first-order valence-electron chi connectivity index (χ1n) is 8.45. The Labute approximate surface area is 157 Å². The quantitative estimate of drug-likeness (QED) is 0.718. The number of rotatable bonds is 3. The molecular weight excluding hydrogens is 371 g/mol. The molecule has 0 atom stereocenters.